The molecule has 1 atom stereocenters. The molecular formula is C20H26N4O. The van der Waals surface area contributed by atoms with Crippen LogP contribution in [-0.4, -0.2) is 32.3 Å². The summed E-state index contributed by atoms with van der Waals surface area (Å²) in [5.74, 6) is 1.54. The Kier molecular flexibility index (Phi) is 5.66. The van der Waals surface area contributed by atoms with Crippen molar-refractivity contribution in [1.82, 2.24) is 14.5 Å². The maximum absolute atomic E-state index is 9.70. The number of unbranched alkanes of at least 4 members (excludes halogenated alkanes) is 1. The van der Waals surface area contributed by atoms with Gasteiger partial charge in [0.25, 0.3) is 0 Å². The van der Waals surface area contributed by atoms with Gasteiger partial charge in [0.2, 0.25) is 0 Å². The number of aliphatic hydroxyl groups excluding tert-OH is 1. The highest BCUT2D eigenvalue weighted by molar-refractivity contribution is 5.86. The molecule has 0 saturated heterocycles. The molecule has 0 radical (unpaired) electrons. The monoisotopic (exact) mass is 338 g/mol. The molecule has 2 heterocycles. The van der Waals surface area contributed by atoms with Gasteiger partial charge in [0, 0.05) is 12.7 Å². The number of fused-ring (bicyclic) bond motifs is 1. The van der Waals surface area contributed by atoms with E-state index in [1.807, 2.05) is 31.2 Å². The van der Waals surface area contributed by atoms with Crippen molar-refractivity contribution in [1.29, 1.82) is 0 Å². The van der Waals surface area contributed by atoms with Gasteiger partial charge in [0.05, 0.1) is 18.2 Å². The average molecular weight is 338 g/mol. The van der Waals surface area contributed by atoms with Crippen LogP contribution in [0, 0.1) is 6.92 Å². The molecule has 2 aromatic heterocycles. The zero-order chi connectivity index (χ0) is 17.6. The Hall–Kier alpha value is -2.40. The highest BCUT2D eigenvalue weighted by Crippen LogP contribution is 2.24. The molecular weight excluding hydrogens is 312 g/mol. The first kappa shape index (κ1) is 17.4. The minimum Gasteiger partial charge on any atom is -0.394 e. The Bertz CT molecular complexity index is 813. The standard InChI is InChI=1S/C20H26N4O/c1-3-4-10-17(14-25)23-20-19-18(21-15(2)22-20)11-12-24(19)13-16-8-6-5-7-9-16/h5-9,11-12,17,25H,3-4,10,13-14H2,1-2H3,(H,21,22,23)/t17-/m0/s1. The number of benzene rings is 1. The molecule has 0 unspecified atom stereocenters. The van der Waals surface area contributed by atoms with Crippen LogP contribution in [0.3, 0.4) is 0 Å². The van der Waals surface area contributed by atoms with Gasteiger partial charge in [-0.1, -0.05) is 50.1 Å². The van der Waals surface area contributed by atoms with Gasteiger partial charge in [0.1, 0.15) is 11.3 Å². The van der Waals surface area contributed by atoms with Gasteiger partial charge in [0.15, 0.2) is 5.82 Å². The molecule has 0 bridgehead atoms. The predicted molar refractivity (Wildman–Crippen MR) is 102 cm³/mol. The third-order valence-electron chi connectivity index (χ3n) is 4.39. The molecule has 0 fully saturated rings. The van der Waals surface area contributed by atoms with Crippen molar-refractivity contribution in [3.05, 3.63) is 54.0 Å². The smallest absolute Gasteiger partial charge is 0.154 e. The fourth-order valence-corrected chi connectivity index (χ4v) is 3.09. The first-order chi connectivity index (χ1) is 12.2. The van der Waals surface area contributed by atoms with E-state index in [1.54, 1.807) is 0 Å². The highest BCUT2D eigenvalue weighted by Gasteiger charge is 2.15. The summed E-state index contributed by atoms with van der Waals surface area (Å²) < 4.78 is 2.17. The molecule has 0 saturated carbocycles. The first-order valence-corrected chi connectivity index (χ1v) is 8.96. The molecule has 132 valence electrons. The van der Waals surface area contributed by atoms with Crippen molar-refractivity contribution < 1.29 is 5.11 Å². The van der Waals surface area contributed by atoms with Crippen LogP contribution in [0.5, 0.6) is 0 Å². The van der Waals surface area contributed by atoms with Gasteiger partial charge >= 0.3 is 0 Å². The van der Waals surface area contributed by atoms with Gasteiger partial charge < -0.3 is 15.0 Å². The van der Waals surface area contributed by atoms with E-state index in [4.69, 9.17) is 0 Å². The fraction of sp³-hybridized carbons (Fsp3) is 0.400. The minimum absolute atomic E-state index is 0.0116. The molecule has 3 aromatic rings. The van der Waals surface area contributed by atoms with E-state index in [9.17, 15) is 5.11 Å². The lowest BCUT2D eigenvalue weighted by molar-refractivity contribution is 0.267. The number of aromatic nitrogens is 3. The van der Waals surface area contributed by atoms with Gasteiger partial charge in [-0.15, -0.1) is 0 Å². The Morgan fingerprint density at radius 1 is 1.16 bits per heavy atom. The van der Waals surface area contributed by atoms with Crippen LogP contribution < -0.4 is 5.32 Å². The minimum atomic E-state index is 0.0116. The van der Waals surface area contributed by atoms with Crippen LogP contribution in [-0.2, 0) is 6.54 Å². The molecule has 2 N–H and O–H groups in total. The van der Waals surface area contributed by atoms with Gasteiger partial charge in [-0.05, 0) is 25.0 Å². The summed E-state index contributed by atoms with van der Waals surface area (Å²) in [6, 6.07) is 12.4. The van der Waals surface area contributed by atoms with E-state index in [2.05, 4.69) is 45.1 Å². The van der Waals surface area contributed by atoms with Crippen molar-refractivity contribution in [2.45, 2.75) is 45.7 Å². The van der Waals surface area contributed by atoms with Crippen molar-refractivity contribution in [2.75, 3.05) is 11.9 Å². The zero-order valence-corrected chi connectivity index (χ0v) is 14.9. The second-order valence-electron chi connectivity index (χ2n) is 6.45. The lowest BCUT2D eigenvalue weighted by atomic mass is 10.1. The van der Waals surface area contributed by atoms with E-state index in [0.717, 1.165) is 48.5 Å². The van der Waals surface area contributed by atoms with Crippen molar-refractivity contribution >= 4 is 16.9 Å². The summed E-state index contributed by atoms with van der Waals surface area (Å²) in [6.07, 6.45) is 5.17. The van der Waals surface area contributed by atoms with Gasteiger partial charge in [-0.3, -0.25) is 0 Å². The molecule has 25 heavy (non-hydrogen) atoms. The SMILES string of the molecule is CCCC[C@@H](CO)Nc1nc(C)nc2ccn(Cc3ccccc3)c12. The van der Waals surface area contributed by atoms with E-state index >= 15 is 0 Å². The third-order valence-corrected chi connectivity index (χ3v) is 4.39. The highest BCUT2D eigenvalue weighted by atomic mass is 16.3. The van der Waals surface area contributed by atoms with Crippen LogP contribution in [0.4, 0.5) is 5.82 Å². The average Bonchev–Trinajstić information content (AvgIpc) is 3.02. The first-order valence-electron chi connectivity index (χ1n) is 8.96. The number of anilines is 1. The maximum atomic E-state index is 9.70. The van der Waals surface area contributed by atoms with Crippen LogP contribution in [0.25, 0.3) is 11.0 Å². The van der Waals surface area contributed by atoms with E-state index in [-0.39, 0.29) is 12.6 Å². The molecule has 0 aliphatic heterocycles. The van der Waals surface area contributed by atoms with Crippen LogP contribution >= 0.6 is 0 Å². The zero-order valence-electron chi connectivity index (χ0n) is 14.9. The van der Waals surface area contributed by atoms with Gasteiger partial charge in [-0.2, -0.15) is 0 Å². The second kappa shape index (κ2) is 8.12. The predicted octanol–water partition coefficient (Wildman–Crippen LogP) is 3.75. The van der Waals surface area contributed by atoms with E-state index in [0.29, 0.717) is 0 Å². The molecule has 0 aliphatic carbocycles. The fourth-order valence-electron chi connectivity index (χ4n) is 3.09. The summed E-state index contributed by atoms with van der Waals surface area (Å²) in [5.41, 5.74) is 3.15. The normalized spacial score (nSPS) is 12.4. The Morgan fingerprint density at radius 3 is 2.68 bits per heavy atom. The van der Waals surface area contributed by atoms with Crippen molar-refractivity contribution in [3.8, 4) is 0 Å². The van der Waals surface area contributed by atoms with Crippen LogP contribution in [0.1, 0.15) is 37.6 Å². The molecule has 1 aromatic carbocycles. The largest absolute Gasteiger partial charge is 0.394 e. The number of aliphatic hydroxyl groups is 1. The van der Waals surface area contributed by atoms with Crippen molar-refractivity contribution in [2.24, 2.45) is 0 Å². The summed E-state index contributed by atoms with van der Waals surface area (Å²) in [6.45, 7) is 4.93. The Labute approximate surface area is 148 Å². The number of nitrogens with one attached hydrogen (secondary N) is 1. The molecule has 0 spiro atoms. The summed E-state index contributed by atoms with van der Waals surface area (Å²) in [4.78, 5) is 9.18. The van der Waals surface area contributed by atoms with E-state index < -0.39 is 0 Å². The van der Waals surface area contributed by atoms with Crippen LogP contribution in [0.2, 0.25) is 0 Å². The summed E-state index contributed by atoms with van der Waals surface area (Å²) >= 11 is 0. The second-order valence-corrected chi connectivity index (χ2v) is 6.45. The molecule has 0 aliphatic rings. The summed E-state index contributed by atoms with van der Waals surface area (Å²) in [5, 5.41) is 13.1. The Balaban J connectivity index is 1.94. The number of aryl methyl sites for hydroxylation is 1. The molecule has 0 amide bonds. The van der Waals surface area contributed by atoms with E-state index in [1.165, 1.54) is 5.56 Å². The lowest BCUT2D eigenvalue weighted by Crippen LogP contribution is -2.25. The molecule has 3 rings (SSSR count). The quantitative estimate of drug-likeness (QED) is 0.656. The molecule has 5 nitrogen and oxygen atoms in total. The number of hydrogen-bond donors (Lipinski definition) is 2. The number of nitrogens with zero attached hydrogens (tertiary/aromatic N) is 3. The Morgan fingerprint density at radius 2 is 1.96 bits per heavy atom. The van der Waals surface area contributed by atoms with Crippen LogP contribution in [0.15, 0.2) is 42.6 Å². The number of rotatable bonds is 8. The summed E-state index contributed by atoms with van der Waals surface area (Å²) in [7, 11) is 0. The van der Waals surface area contributed by atoms with Crippen molar-refractivity contribution in [3.63, 3.8) is 0 Å². The lowest BCUT2D eigenvalue weighted by Gasteiger charge is -2.18. The molecule has 5 heteroatoms. The van der Waals surface area contributed by atoms with Gasteiger partial charge in [-0.25, -0.2) is 9.97 Å². The maximum Gasteiger partial charge on any atom is 0.154 e. The topological polar surface area (TPSA) is 63.0 Å². The number of hydrogen-bond acceptors (Lipinski definition) is 4. The third kappa shape index (κ3) is 4.17.